The molecule has 3 nitrogen and oxygen atoms in total. The number of para-hydroxylation sites is 1. The van der Waals surface area contributed by atoms with Gasteiger partial charge in [0.05, 0.1) is 14.2 Å². The van der Waals surface area contributed by atoms with E-state index in [-0.39, 0.29) is 5.75 Å². The van der Waals surface area contributed by atoms with Gasteiger partial charge in [0, 0.05) is 6.07 Å². The largest absolute Gasteiger partial charge is 0.573 e. The van der Waals surface area contributed by atoms with Crippen LogP contribution in [0.1, 0.15) is 0 Å². The van der Waals surface area contributed by atoms with E-state index in [0.717, 1.165) is 11.5 Å². The lowest BCUT2D eigenvalue weighted by molar-refractivity contribution is -0.274. The number of benzene rings is 2. The third kappa shape index (κ3) is 7.10. The van der Waals surface area contributed by atoms with Crippen molar-refractivity contribution in [1.82, 2.24) is 0 Å². The second-order valence-electron chi connectivity index (χ2n) is 3.74. The molecule has 6 heteroatoms. The molecule has 0 aromatic heterocycles. The molecule has 0 fully saturated rings. The van der Waals surface area contributed by atoms with Gasteiger partial charge in [0.25, 0.3) is 0 Å². The number of alkyl halides is 3. The van der Waals surface area contributed by atoms with Crippen LogP contribution in [0.3, 0.4) is 0 Å². The molecule has 2 rings (SSSR count). The lowest BCUT2D eigenvalue weighted by Crippen LogP contribution is -2.16. The Morgan fingerprint density at radius 1 is 0.714 bits per heavy atom. The van der Waals surface area contributed by atoms with Crippen molar-refractivity contribution in [3.05, 3.63) is 54.6 Å². The third-order valence-corrected chi connectivity index (χ3v) is 2.25. The molecule has 114 valence electrons. The maximum absolute atomic E-state index is 11.5. The first-order valence-corrected chi connectivity index (χ1v) is 5.93. The zero-order chi connectivity index (χ0) is 15.7. The molecule has 0 bridgehead atoms. The van der Waals surface area contributed by atoms with Crippen LogP contribution in [0.5, 0.6) is 17.2 Å². The molecule has 0 saturated carbocycles. The van der Waals surface area contributed by atoms with E-state index in [2.05, 4.69) is 4.74 Å². The Morgan fingerprint density at radius 2 is 1.19 bits per heavy atom. The van der Waals surface area contributed by atoms with Crippen molar-refractivity contribution in [3.8, 4) is 17.2 Å². The van der Waals surface area contributed by atoms with E-state index in [4.69, 9.17) is 9.47 Å². The van der Waals surface area contributed by atoms with Gasteiger partial charge in [-0.25, -0.2) is 0 Å². The highest BCUT2D eigenvalue weighted by Gasteiger charge is 2.30. The zero-order valence-electron chi connectivity index (χ0n) is 11.6. The van der Waals surface area contributed by atoms with Gasteiger partial charge in [-0.2, -0.15) is 0 Å². The van der Waals surface area contributed by atoms with Crippen molar-refractivity contribution < 1.29 is 27.4 Å². The number of halogens is 3. The zero-order valence-corrected chi connectivity index (χ0v) is 11.6. The molecule has 0 aliphatic rings. The lowest BCUT2D eigenvalue weighted by Gasteiger charge is -2.07. The van der Waals surface area contributed by atoms with Crippen LogP contribution in [0, 0.1) is 0 Å². The molecule has 0 aliphatic carbocycles. The molecule has 0 aliphatic heterocycles. The normalized spacial score (nSPS) is 10.1. The summed E-state index contributed by atoms with van der Waals surface area (Å²) in [4.78, 5) is 0. The highest BCUT2D eigenvalue weighted by Crippen LogP contribution is 2.21. The Balaban J connectivity index is 0.000000211. The van der Waals surface area contributed by atoms with Crippen LogP contribution >= 0.6 is 0 Å². The van der Waals surface area contributed by atoms with Gasteiger partial charge in [0.2, 0.25) is 0 Å². The molecular formula is C15H15F3O3. The predicted octanol–water partition coefficient (Wildman–Crippen LogP) is 4.29. The minimum atomic E-state index is -4.60. The fraction of sp³-hybridized carbons (Fsp3) is 0.200. The van der Waals surface area contributed by atoms with E-state index in [1.165, 1.54) is 24.3 Å². The van der Waals surface area contributed by atoms with Crippen molar-refractivity contribution in [3.63, 3.8) is 0 Å². The SMILES string of the molecule is COc1cccc(OC)c1.FC(F)(F)Oc1ccccc1. The third-order valence-electron chi connectivity index (χ3n) is 2.25. The number of methoxy groups -OCH3 is 2. The van der Waals surface area contributed by atoms with E-state index in [0.29, 0.717) is 0 Å². The molecule has 0 unspecified atom stereocenters. The molecule has 2 aromatic rings. The molecular weight excluding hydrogens is 285 g/mol. The van der Waals surface area contributed by atoms with E-state index in [9.17, 15) is 13.2 Å². The van der Waals surface area contributed by atoms with Crippen LogP contribution in [0.2, 0.25) is 0 Å². The van der Waals surface area contributed by atoms with E-state index in [1.54, 1.807) is 20.3 Å². The van der Waals surface area contributed by atoms with Crippen molar-refractivity contribution in [2.24, 2.45) is 0 Å². The molecule has 0 amide bonds. The second kappa shape index (κ2) is 8.04. The quantitative estimate of drug-likeness (QED) is 0.846. The predicted molar refractivity (Wildman–Crippen MR) is 72.7 cm³/mol. The van der Waals surface area contributed by atoms with Crippen LogP contribution in [0.25, 0.3) is 0 Å². The number of hydrogen-bond acceptors (Lipinski definition) is 3. The Hall–Kier alpha value is -2.37. The van der Waals surface area contributed by atoms with Crippen molar-refractivity contribution in [1.29, 1.82) is 0 Å². The van der Waals surface area contributed by atoms with Crippen LogP contribution < -0.4 is 14.2 Å². The summed E-state index contributed by atoms with van der Waals surface area (Å²) in [6.45, 7) is 0. The Labute approximate surface area is 120 Å². The van der Waals surface area contributed by atoms with Gasteiger partial charge in [0.1, 0.15) is 17.2 Å². The highest BCUT2D eigenvalue weighted by molar-refractivity contribution is 5.32. The van der Waals surface area contributed by atoms with Crippen LogP contribution in [-0.2, 0) is 0 Å². The van der Waals surface area contributed by atoms with E-state index >= 15 is 0 Å². The molecule has 21 heavy (non-hydrogen) atoms. The highest BCUT2D eigenvalue weighted by atomic mass is 19.4. The number of hydrogen-bond donors (Lipinski definition) is 0. The van der Waals surface area contributed by atoms with Crippen LogP contribution in [0.4, 0.5) is 13.2 Å². The number of rotatable bonds is 3. The maximum atomic E-state index is 11.5. The fourth-order valence-electron chi connectivity index (χ4n) is 1.35. The summed E-state index contributed by atoms with van der Waals surface area (Å²) in [6.07, 6.45) is -4.60. The average Bonchev–Trinajstić information content (AvgIpc) is 2.47. The van der Waals surface area contributed by atoms with Gasteiger partial charge in [-0.3, -0.25) is 0 Å². The first kappa shape index (κ1) is 16.7. The summed E-state index contributed by atoms with van der Waals surface area (Å²) in [6, 6.07) is 14.5. The maximum Gasteiger partial charge on any atom is 0.573 e. The van der Waals surface area contributed by atoms with Gasteiger partial charge < -0.3 is 14.2 Å². The summed E-state index contributed by atoms with van der Waals surface area (Å²) in [5, 5.41) is 0. The summed E-state index contributed by atoms with van der Waals surface area (Å²) < 4.78 is 48.1. The van der Waals surface area contributed by atoms with Gasteiger partial charge >= 0.3 is 6.36 Å². The van der Waals surface area contributed by atoms with Gasteiger partial charge in [0.15, 0.2) is 0 Å². The Kier molecular flexibility index (Phi) is 6.39. The first-order valence-electron chi connectivity index (χ1n) is 5.93. The minimum Gasteiger partial charge on any atom is -0.497 e. The smallest absolute Gasteiger partial charge is 0.497 e. The molecule has 0 radical (unpaired) electrons. The molecule has 0 N–H and O–H groups in total. The summed E-state index contributed by atoms with van der Waals surface area (Å²) in [7, 11) is 3.27. The molecule has 0 saturated heterocycles. The standard InChI is InChI=1S/C8H10O2.C7H5F3O/c1-9-7-4-3-5-8(6-7)10-2;8-7(9,10)11-6-4-2-1-3-5-6/h3-6H,1-2H3;1-5H. The van der Waals surface area contributed by atoms with Gasteiger partial charge in [-0.05, 0) is 24.3 Å². The van der Waals surface area contributed by atoms with Crippen LogP contribution in [-0.4, -0.2) is 20.6 Å². The fourth-order valence-corrected chi connectivity index (χ4v) is 1.35. The molecule has 0 heterocycles. The second-order valence-corrected chi connectivity index (χ2v) is 3.74. The van der Waals surface area contributed by atoms with E-state index < -0.39 is 6.36 Å². The van der Waals surface area contributed by atoms with Gasteiger partial charge in [-0.15, -0.1) is 13.2 Å². The minimum absolute atomic E-state index is 0.194. The first-order chi connectivity index (χ1) is 9.94. The number of ether oxygens (including phenoxy) is 3. The Morgan fingerprint density at radius 3 is 1.62 bits per heavy atom. The Bertz CT molecular complexity index is 508. The molecule has 0 atom stereocenters. The van der Waals surface area contributed by atoms with E-state index in [1.807, 2.05) is 24.3 Å². The van der Waals surface area contributed by atoms with Crippen LogP contribution in [0.15, 0.2) is 54.6 Å². The van der Waals surface area contributed by atoms with Crippen molar-refractivity contribution in [2.75, 3.05) is 14.2 Å². The summed E-state index contributed by atoms with van der Waals surface area (Å²) >= 11 is 0. The topological polar surface area (TPSA) is 27.7 Å². The summed E-state index contributed by atoms with van der Waals surface area (Å²) in [5.74, 6) is 1.44. The summed E-state index contributed by atoms with van der Waals surface area (Å²) in [5.41, 5.74) is 0. The van der Waals surface area contributed by atoms with Crippen molar-refractivity contribution >= 4 is 0 Å². The average molecular weight is 300 g/mol. The monoisotopic (exact) mass is 300 g/mol. The lowest BCUT2D eigenvalue weighted by atomic mass is 10.3. The van der Waals surface area contributed by atoms with Gasteiger partial charge in [-0.1, -0.05) is 24.3 Å². The molecule has 2 aromatic carbocycles. The molecule has 0 spiro atoms. The van der Waals surface area contributed by atoms with Crippen molar-refractivity contribution in [2.45, 2.75) is 6.36 Å².